The van der Waals surface area contributed by atoms with Gasteiger partial charge in [0.2, 0.25) is 5.89 Å². The van der Waals surface area contributed by atoms with E-state index in [-0.39, 0.29) is 12.0 Å². The Morgan fingerprint density at radius 1 is 1.41 bits per heavy atom. The van der Waals surface area contributed by atoms with Crippen LogP contribution in [0.1, 0.15) is 44.9 Å². The molecule has 1 aliphatic rings. The molecule has 0 radical (unpaired) electrons. The van der Waals surface area contributed by atoms with Gasteiger partial charge in [0.1, 0.15) is 0 Å². The van der Waals surface area contributed by atoms with E-state index in [0.717, 1.165) is 32.2 Å². The normalized spacial score (nSPS) is 18.5. The van der Waals surface area contributed by atoms with Gasteiger partial charge in [-0.1, -0.05) is 19.8 Å². The Bertz CT molecular complexity index is 345. The van der Waals surface area contributed by atoms with Crippen LogP contribution in [0.2, 0.25) is 0 Å². The second kappa shape index (κ2) is 5.49. The molecule has 0 spiro atoms. The molecule has 0 amide bonds. The highest BCUT2D eigenvalue weighted by Crippen LogP contribution is 2.37. The first kappa shape index (κ1) is 12.4. The second-order valence-corrected chi connectivity index (χ2v) is 4.98. The predicted octanol–water partition coefficient (Wildman–Crippen LogP) is 1.99. The van der Waals surface area contributed by atoms with Crippen LogP contribution in [0.15, 0.2) is 4.52 Å². The molecule has 1 heterocycles. The van der Waals surface area contributed by atoms with Crippen LogP contribution in [0.25, 0.3) is 0 Å². The van der Waals surface area contributed by atoms with Gasteiger partial charge < -0.3 is 14.9 Å². The number of aromatic nitrogens is 2. The molecule has 1 saturated carbocycles. The van der Waals surface area contributed by atoms with Gasteiger partial charge in [-0.25, -0.2) is 0 Å². The quantitative estimate of drug-likeness (QED) is 0.794. The van der Waals surface area contributed by atoms with E-state index >= 15 is 0 Å². The number of hydrogen-bond donors (Lipinski definition) is 2. The summed E-state index contributed by atoms with van der Waals surface area (Å²) >= 11 is 0. The third-order valence-electron chi connectivity index (χ3n) is 3.55. The summed E-state index contributed by atoms with van der Waals surface area (Å²) in [6, 6.07) is 0. The van der Waals surface area contributed by atoms with Crippen molar-refractivity contribution in [1.29, 1.82) is 0 Å². The molecule has 0 unspecified atom stereocenters. The Kier molecular flexibility index (Phi) is 3.99. The summed E-state index contributed by atoms with van der Waals surface area (Å²) in [4.78, 5) is 4.26. The molecule has 96 valence electrons. The number of aliphatic hydroxyl groups excluding tert-OH is 1. The fourth-order valence-electron chi connectivity index (χ4n) is 2.42. The summed E-state index contributed by atoms with van der Waals surface area (Å²) in [6.45, 7) is 3.05. The molecule has 1 aromatic heterocycles. The van der Waals surface area contributed by atoms with Crippen LogP contribution in [0.4, 0.5) is 5.95 Å². The van der Waals surface area contributed by atoms with Gasteiger partial charge in [0, 0.05) is 18.4 Å². The van der Waals surface area contributed by atoms with Crippen molar-refractivity contribution < 1.29 is 9.63 Å². The lowest BCUT2D eigenvalue weighted by molar-refractivity contribution is 0.142. The first-order valence-corrected chi connectivity index (χ1v) is 6.45. The predicted molar refractivity (Wildman–Crippen MR) is 64.8 cm³/mol. The molecule has 0 aliphatic heterocycles. The summed E-state index contributed by atoms with van der Waals surface area (Å²) < 4.78 is 5.10. The monoisotopic (exact) mass is 239 g/mol. The smallest absolute Gasteiger partial charge is 0.263 e. The van der Waals surface area contributed by atoms with E-state index in [1.54, 1.807) is 0 Å². The fraction of sp³-hybridized carbons (Fsp3) is 0.833. The van der Waals surface area contributed by atoms with E-state index in [2.05, 4.69) is 22.4 Å². The van der Waals surface area contributed by atoms with Gasteiger partial charge >= 0.3 is 0 Å². The van der Waals surface area contributed by atoms with E-state index < -0.39 is 0 Å². The zero-order valence-electron chi connectivity index (χ0n) is 10.4. The van der Waals surface area contributed by atoms with Crippen molar-refractivity contribution in [3.05, 3.63) is 5.89 Å². The molecule has 0 atom stereocenters. The zero-order chi connectivity index (χ0) is 12.1. The first-order chi connectivity index (χ1) is 8.28. The molecule has 5 heteroatoms. The molecule has 1 fully saturated rings. The van der Waals surface area contributed by atoms with Crippen molar-refractivity contribution in [1.82, 2.24) is 10.1 Å². The van der Waals surface area contributed by atoms with Crippen molar-refractivity contribution in [2.24, 2.45) is 5.41 Å². The topological polar surface area (TPSA) is 71.2 Å². The van der Waals surface area contributed by atoms with Gasteiger partial charge in [0.15, 0.2) is 0 Å². The number of aryl methyl sites for hydroxylation is 1. The Labute approximate surface area is 102 Å². The van der Waals surface area contributed by atoms with Crippen LogP contribution in [0.3, 0.4) is 0 Å². The average Bonchev–Trinajstić information content (AvgIpc) is 2.96. The zero-order valence-corrected chi connectivity index (χ0v) is 10.4. The first-order valence-electron chi connectivity index (χ1n) is 6.45. The molecule has 17 heavy (non-hydrogen) atoms. The molecule has 0 bridgehead atoms. The highest BCUT2D eigenvalue weighted by atomic mass is 16.5. The molecule has 0 saturated heterocycles. The van der Waals surface area contributed by atoms with Crippen LogP contribution in [-0.2, 0) is 6.42 Å². The molecular weight excluding hydrogens is 218 g/mol. The van der Waals surface area contributed by atoms with E-state index in [9.17, 15) is 5.11 Å². The van der Waals surface area contributed by atoms with Crippen molar-refractivity contribution in [2.75, 3.05) is 18.5 Å². The Balaban J connectivity index is 1.87. The number of hydrogen-bond acceptors (Lipinski definition) is 5. The van der Waals surface area contributed by atoms with Gasteiger partial charge in [-0.3, -0.25) is 0 Å². The minimum absolute atomic E-state index is 0.0194. The van der Waals surface area contributed by atoms with E-state index in [0.29, 0.717) is 11.8 Å². The van der Waals surface area contributed by atoms with Crippen LogP contribution in [0.5, 0.6) is 0 Å². The lowest BCUT2D eigenvalue weighted by atomic mass is 9.87. The maximum absolute atomic E-state index is 9.48. The largest absolute Gasteiger partial charge is 0.396 e. The summed E-state index contributed by atoms with van der Waals surface area (Å²) in [5.41, 5.74) is 0.0194. The maximum Gasteiger partial charge on any atom is 0.263 e. The van der Waals surface area contributed by atoms with Gasteiger partial charge in [-0.2, -0.15) is 4.98 Å². The van der Waals surface area contributed by atoms with E-state index in [4.69, 9.17) is 4.52 Å². The number of aliphatic hydroxyl groups is 1. The average molecular weight is 239 g/mol. The molecule has 1 aromatic rings. The van der Waals surface area contributed by atoms with Gasteiger partial charge in [0.25, 0.3) is 5.95 Å². The Morgan fingerprint density at radius 3 is 2.82 bits per heavy atom. The molecule has 2 rings (SSSR count). The van der Waals surface area contributed by atoms with Crippen LogP contribution in [-0.4, -0.2) is 28.4 Å². The van der Waals surface area contributed by atoms with E-state index in [1.807, 2.05) is 0 Å². The maximum atomic E-state index is 9.48. The fourth-order valence-corrected chi connectivity index (χ4v) is 2.42. The summed E-state index contributed by atoms with van der Waals surface area (Å²) in [5.74, 6) is 1.23. The Morgan fingerprint density at radius 2 is 2.18 bits per heavy atom. The molecule has 2 N–H and O–H groups in total. The molecule has 5 nitrogen and oxygen atoms in total. The van der Waals surface area contributed by atoms with E-state index in [1.165, 1.54) is 12.8 Å². The van der Waals surface area contributed by atoms with Gasteiger partial charge in [-0.15, -0.1) is 0 Å². The number of nitrogens with zero attached hydrogens (tertiary/aromatic N) is 2. The minimum atomic E-state index is 0.0194. The lowest BCUT2D eigenvalue weighted by Crippen LogP contribution is -2.30. The Hall–Kier alpha value is -1.10. The highest BCUT2D eigenvalue weighted by Gasteiger charge is 2.33. The third kappa shape index (κ3) is 2.97. The van der Waals surface area contributed by atoms with Crippen molar-refractivity contribution in [3.8, 4) is 0 Å². The van der Waals surface area contributed by atoms with Crippen molar-refractivity contribution in [2.45, 2.75) is 45.4 Å². The van der Waals surface area contributed by atoms with Crippen molar-refractivity contribution in [3.63, 3.8) is 0 Å². The van der Waals surface area contributed by atoms with Crippen LogP contribution >= 0.6 is 0 Å². The summed E-state index contributed by atoms with van der Waals surface area (Å²) in [7, 11) is 0. The second-order valence-electron chi connectivity index (χ2n) is 4.98. The van der Waals surface area contributed by atoms with Gasteiger partial charge in [0.05, 0.1) is 6.61 Å². The number of nitrogens with one attached hydrogen (secondary N) is 1. The number of rotatable bonds is 6. The van der Waals surface area contributed by atoms with Crippen LogP contribution in [0, 0.1) is 5.41 Å². The summed E-state index contributed by atoms with van der Waals surface area (Å²) in [5, 5.41) is 16.5. The molecular formula is C12H21N3O2. The SMILES string of the molecule is CCCc1nc(NCC2(CO)CCCC2)no1. The number of anilines is 1. The lowest BCUT2D eigenvalue weighted by Gasteiger charge is -2.25. The minimum Gasteiger partial charge on any atom is -0.396 e. The standard InChI is InChI=1S/C12H21N3O2/c1-2-5-10-14-11(15-17-10)13-8-12(9-16)6-3-4-7-12/h16H,2-9H2,1H3,(H,13,15). The summed E-state index contributed by atoms with van der Waals surface area (Å²) in [6.07, 6.45) is 6.39. The van der Waals surface area contributed by atoms with Gasteiger partial charge in [-0.05, 0) is 24.4 Å². The van der Waals surface area contributed by atoms with Crippen LogP contribution < -0.4 is 5.32 Å². The molecule has 0 aromatic carbocycles. The van der Waals surface area contributed by atoms with Crippen molar-refractivity contribution >= 4 is 5.95 Å². The molecule has 1 aliphatic carbocycles. The third-order valence-corrected chi connectivity index (χ3v) is 3.55. The highest BCUT2D eigenvalue weighted by molar-refractivity contribution is 5.22.